The summed E-state index contributed by atoms with van der Waals surface area (Å²) in [6, 6.07) is 32.3. The van der Waals surface area contributed by atoms with Crippen molar-refractivity contribution in [3.05, 3.63) is 138 Å². The third kappa shape index (κ3) is 8.16. The molecule has 10 heteroatoms. The van der Waals surface area contributed by atoms with Crippen LogP contribution in [0.2, 0.25) is 0 Å². The molecule has 0 saturated carbocycles. The Kier molecular flexibility index (Phi) is 11.1. The lowest BCUT2D eigenvalue weighted by Crippen LogP contribution is -2.62. The Morgan fingerprint density at radius 2 is 1.04 bits per heavy atom. The van der Waals surface area contributed by atoms with Crippen molar-refractivity contribution in [2.24, 2.45) is 0 Å². The summed E-state index contributed by atoms with van der Waals surface area (Å²) in [7, 11) is 2.95. The van der Waals surface area contributed by atoms with Crippen molar-refractivity contribution in [1.82, 2.24) is 0 Å². The summed E-state index contributed by atoms with van der Waals surface area (Å²) in [5.74, 6) is -1.42. The molecule has 5 atom stereocenters. The highest BCUT2D eigenvalue weighted by Crippen LogP contribution is 2.31. The summed E-state index contributed by atoms with van der Waals surface area (Å²) < 4.78 is 40.9. The summed E-state index contributed by atoms with van der Waals surface area (Å²) in [5.41, 5.74) is 1.63. The number of hydrogen-bond acceptors (Lipinski definition) is 10. The van der Waals surface area contributed by atoms with E-state index in [0.29, 0.717) is 5.75 Å². The summed E-state index contributed by atoms with van der Waals surface area (Å²) >= 11 is 0. The molecule has 0 aromatic heterocycles. The van der Waals surface area contributed by atoms with Crippen LogP contribution in [-0.2, 0) is 35.0 Å². The van der Waals surface area contributed by atoms with Crippen LogP contribution < -0.4 is 4.74 Å². The normalized spacial score (nSPS) is 20.7. The van der Waals surface area contributed by atoms with Gasteiger partial charge in [-0.3, -0.25) is 0 Å². The Labute approximate surface area is 266 Å². The highest BCUT2D eigenvalue weighted by Gasteiger charge is 2.53. The minimum Gasteiger partial charge on any atom is -0.497 e. The van der Waals surface area contributed by atoms with Crippen molar-refractivity contribution in [2.75, 3.05) is 20.8 Å². The number of ether oxygens (including phenoxy) is 7. The molecule has 1 heterocycles. The van der Waals surface area contributed by atoms with E-state index in [1.54, 1.807) is 98.1 Å². The molecule has 5 rings (SSSR count). The molecule has 1 saturated heterocycles. The molecule has 46 heavy (non-hydrogen) atoms. The van der Waals surface area contributed by atoms with Crippen LogP contribution in [0.15, 0.2) is 115 Å². The first-order valence-corrected chi connectivity index (χ1v) is 14.6. The molecule has 10 nitrogen and oxygen atoms in total. The lowest BCUT2D eigenvalue weighted by molar-refractivity contribution is -0.294. The lowest BCUT2D eigenvalue weighted by atomic mass is 9.97. The lowest BCUT2D eigenvalue weighted by Gasteiger charge is -2.44. The summed E-state index contributed by atoms with van der Waals surface area (Å²) in [5, 5.41) is 0. The van der Waals surface area contributed by atoms with Crippen molar-refractivity contribution >= 4 is 17.9 Å². The average Bonchev–Trinajstić information content (AvgIpc) is 3.11. The standard InChI is InChI=1S/C36H34O10/c1-40-28-20-18-24(19-21-28)22-42-23-29-30(44-33(37)25-12-6-3-7-13-25)31(45-34(38)26-14-8-4-9-15-26)32(36(41-2)43-29)46-35(39)27-16-10-5-11-17-27/h3-21,29-32,36H,22-23H2,1-2H3/t29-,30-,31+,32-,36-/m1/s1. The van der Waals surface area contributed by atoms with Crippen LogP contribution in [0.1, 0.15) is 36.6 Å². The second kappa shape index (κ2) is 15.8. The summed E-state index contributed by atoms with van der Waals surface area (Å²) in [6.45, 7) is 0.110. The van der Waals surface area contributed by atoms with Crippen LogP contribution in [0, 0.1) is 0 Å². The number of carbonyl (C=O) groups is 3. The van der Waals surface area contributed by atoms with E-state index in [9.17, 15) is 14.4 Å². The van der Waals surface area contributed by atoms with Gasteiger partial charge in [-0.15, -0.1) is 0 Å². The van der Waals surface area contributed by atoms with Gasteiger partial charge in [0.05, 0.1) is 37.0 Å². The first kappa shape index (κ1) is 32.4. The molecule has 0 unspecified atom stereocenters. The molecule has 1 aliphatic heterocycles. The highest BCUT2D eigenvalue weighted by molar-refractivity contribution is 5.91. The van der Waals surface area contributed by atoms with Gasteiger partial charge in [-0.25, -0.2) is 14.4 Å². The average molecular weight is 627 g/mol. The van der Waals surface area contributed by atoms with Crippen LogP contribution in [0.3, 0.4) is 0 Å². The topological polar surface area (TPSA) is 116 Å². The quantitative estimate of drug-likeness (QED) is 0.152. The second-order valence-electron chi connectivity index (χ2n) is 10.3. The minimum atomic E-state index is -1.35. The van der Waals surface area contributed by atoms with Gasteiger partial charge in [-0.2, -0.15) is 0 Å². The zero-order chi connectivity index (χ0) is 32.3. The van der Waals surface area contributed by atoms with Crippen LogP contribution in [0.5, 0.6) is 5.75 Å². The predicted molar refractivity (Wildman–Crippen MR) is 165 cm³/mol. The number of esters is 3. The van der Waals surface area contributed by atoms with Crippen molar-refractivity contribution in [2.45, 2.75) is 37.3 Å². The minimum absolute atomic E-state index is 0.0859. The van der Waals surface area contributed by atoms with Gasteiger partial charge >= 0.3 is 17.9 Å². The molecular weight excluding hydrogens is 592 g/mol. The number of methoxy groups -OCH3 is 2. The fourth-order valence-electron chi connectivity index (χ4n) is 4.92. The van der Waals surface area contributed by atoms with E-state index in [4.69, 9.17) is 33.2 Å². The fraction of sp³-hybridized carbons (Fsp3) is 0.250. The third-order valence-electron chi connectivity index (χ3n) is 7.29. The molecule has 4 aromatic carbocycles. The van der Waals surface area contributed by atoms with E-state index in [-0.39, 0.29) is 29.9 Å². The van der Waals surface area contributed by atoms with Gasteiger partial charge in [0.15, 0.2) is 24.6 Å². The van der Waals surface area contributed by atoms with Gasteiger partial charge in [0.1, 0.15) is 11.9 Å². The largest absolute Gasteiger partial charge is 0.497 e. The third-order valence-corrected chi connectivity index (χ3v) is 7.29. The number of hydrogen-bond donors (Lipinski definition) is 0. The monoisotopic (exact) mass is 626 g/mol. The van der Waals surface area contributed by atoms with Crippen molar-refractivity contribution in [3.63, 3.8) is 0 Å². The summed E-state index contributed by atoms with van der Waals surface area (Å²) in [4.78, 5) is 40.1. The van der Waals surface area contributed by atoms with Crippen molar-refractivity contribution < 1.29 is 47.5 Å². The van der Waals surface area contributed by atoms with Crippen molar-refractivity contribution in [1.29, 1.82) is 0 Å². The van der Waals surface area contributed by atoms with Crippen LogP contribution in [0.25, 0.3) is 0 Å². The van der Waals surface area contributed by atoms with E-state index in [2.05, 4.69) is 0 Å². The fourth-order valence-corrected chi connectivity index (χ4v) is 4.92. The molecule has 238 valence electrons. The number of carbonyl (C=O) groups excluding carboxylic acids is 3. The molecule has 0 amide bonds. The Balaban J connectivity index is 1.46. The zero-order valence-corrected chi connectivity index (χ0v) is 25.4. The van der Waals surface area contributed by atoms with Gasteiger partial charge in [0.2, 0.25) is 0 Å². The first-order chi connectivity index (χ1) is 22.5. The number of rotatable bonds is 12. The molecule has 4 aromatic rings. The van der Waals surface area contributed by atoms with E-state index in [1.807, 2.05) is 24.3 Å². The Morgan fingerprint density at radius 3 is 1.50 bits per heavy atom. The highest BCUT2D eigenvalue weighted by atomic mass is 16.7. The molecule has 0 N–H and O–H groups in total. The van der Waals surface area contributed by atoms with Gasteiger partial charge < -0.3 is 33.2 Å². The Morgan fingerprint density at radius 1 is 0.587 bits per heavy atom. The van der Waals surface area contributed by atoms with Gasteiger partial charge in [0, 0.05) is 7.11 Å². The Hall–Kier alpha value is -5.03. The molecule has 0 aliphatic carbocycles. The maximum absolute atomic E-state index is 13.4. The Bertz CT molecular complexity index is 1560. The molecule has 0 bridgehead atoms. The smallest absolute Gasteiger partial charge is 0.338 e. The maximum atomic E-state index is 13.4. The van der Waals surface area contributed by atoms with Gasteiger partial charge in [0.25, 0.3) is 0 Å². The van der Waals surface area contributed by atoms with E-state index in [0.717, 1.165) is 5.56 Å². The molecule has 0 radical (unpaired) electrons. The van der Waals surface area contributed by atoms with Gasteiger partial charge in [-0.05, 0) is 54.1 Å². The second-order valence-corrected chi connectivity index (χ2v) is 10.3. The van der Waals surface area contributed by atoms with E-state index in [1.165, 1.54) is 7.11 Å². The molecule has 1 aliphatic rings. The first-order valence-electron chi connectivity index (χ1n) is 14.6. The SMILES string of the molecule is COc1ccc(COC[C@H]2O[C@@H](OC)[C@H](OC(=O)c3ccccc3)[C@@H](OC(=O)c3ccccc3)[C@@H]2OC(=O)c2ccccc2)cc1. The van der Waals surface area contributed by atoms with Crippen LogP contribution >= 0.6 is 0 Å². The maximum Gasteiger partial charge on any atom is 0.338 e. The van der Waals surface area contributed by atoms with E-state index >= 15 is 0 Å². The van der Waals surface area contributed by atoms with Crippen LogP contribution in [-0.4, -0.2) is 69.4 Å². The number of benzene rings is 4. The van der Waals surface area contributed by atoms with Crippen LogP contribution in [0.4, 0.5) is 0 Å². The van der Waals surface area contributed by atoms with Crippen molar-refractivity contribution in [3.8, 4) is 5.75 Å². The van der Waals surface area contributed by atoms with Gasteiger partial charge in [-0.1, -0.05) is 66.7 Å². The predicted octanol–water partition coefficient (Wildman–Crippen LogP) is 5.26. The summed E-state index contributed by atoms with van der Waals surface area (Å²) in [6.07, 6.45) is -6.13. The molecule has 1 fully saturated rings. The molecular formula is C36H34O10. The van der Waals surface area contributed by atoms with E-state index < -0.39 is 48.6 Å². The molecule has 0 spiro atoms. The zero-order valence-electron chi connectivity index (χ0n) is 25.4.